The zero-order chi connectivity index (χ0) is 17.8. The molecule has 2 aromatic rings. The zero-order valence-electron chi connectivity index (χ0n) is 13.8. The fourth-order valence-electron chi connectivity index (χ4n) is 2.70. The summed E-state index contributed by atoms with van der Waals surface area (Å²) in [5, 5.41) is 2.76. The Hall–Kier alpha value is -2.89. The molecule has 1 atom stereocenters. The van der Waals surface area contributed by atoms with Crippen molar-refractivity contribution in [3.63, 3.8) is 0 Å². The number of nitrogens with one attached hydrogen (secondary N) is 1. The van der Waals surface area contributed by atoms with E-state index in [0.717, 1.165) is 5.56 Å². The van der Waals surface area contributed by atoms with Crippen molar-refractivity contribution in [1.82, 2.24) is 0 Å². The van der Waals surface area contributed by atoms with Crippen molar-refractivity contribution in [2.75, 3.05) is 12.4 Å². The molecule has 130 valence electrons. The average Bonchev–Trinajstić information content (AvgIpc) is 3.07. The Morgan fingerprint density at radius 3 is 2.68 bits per heavy atom. The number of esters is 1. The number of methoxy groups -OCH3 is 1. The van der Waals surface area contributed by atoms with Crippen LogP contribution in [-0.4, -0.2) is 25.1 Å². The van der Waals surface area contributed by atoms with Crippen molar-refractivity contribution in [3.05, 3.63) is 59.4 Å². The molecule has 2 aromatic carbocycles. The van der Waals surface area contributed by atoms with Crippen LogP contribution in [0.25, 0.3) is 0 Å². The molecule has 0 spiro atoms. The molecule has 6 heteroatoms. The van der Waals surface area contributed by atoms with Gasteiger partial charge in [0.15, 0.2) is 17.7 Å². The highest BCUT2D eigenvalue weighted by molar-refractivity contribution is 5.95. The van der Waals surface area contributed by atoms with Gasteiger partial charge >= 0.3 is 5.97 Å². The Balaban J connectivity index is 1.57. The Kier molecular flexibility index (Phi) is 4.97. The molecule has 1 aliphatic heterocycles. The number of amides is 1. The number of carbonyl (C=O) groups is 2. The molecule has 1 aliphatic rings. The number of benzene rings is 2. The van der Waals surface area contributed by atoms with Crippen molar-refractivity contribution in [1.29, 1.82) is 0 Å². The summed E-state index contributed by atoms with van der Waals surface area (Å²) in [6.07, 6.45) is 0.477. The molecular formula is C19H18FNO4. The van der Waals surface area contributed by atoms with Crippen molar-refractivity contribution < 1.29 is 23.5 Å². The molecule has 0 aromatic heterocycles. The lowest BCUT2D eigenvalue weighted by atomic mass is 10.1. The quantitative estimate of drug-likeness (QED) is 0.848. The van der Waals surface area contributed by atoms with E-state index < -0.39 is 11.9 Å². The first kappa shape index (κ1) is 17.0. The highest BCUT2D eigenvalue weighted by Gasteiger charge is 2.31. The molecule has 3 rings (SSSR count). The number of carbonyl (C=O) groups excluding carboxylic acids is 2. The van der Waals surface area contributed by atoms with Crippen molar-refractivity contribution in [2.45, 2.75) is 25.4 Å². The number of halogens is 1. The van der Waals surface area contributed by atoms with E-state index >= 15 is 0 Å². The summed E-state index contributed by atoms with van der Waals surface area (Å²) in [7, 11) is 1.36. The van der Waals surface area contributed by atoms with Crippen LogP contribution in [0, 0.1) is 5.82 Å². The molecular weight excluding hydrogens is 325 g/mol. The number of rotatable bonds is 5. The van der Waals surface area contributed by atoms with Gasteiger partial charge in [-0.1, -0.05) is 24.3 Å². The van der Waals surface area contributed by atoms with Crippen LogP contribution < -0.4 is 10.1 Å². The van der Waals surface area contributed by atoms with Gasteiger partial charge in [-0.05, 0) is 30.2 Å². The van der Waals surface area contributed by atoms with Crippen LogP contribution in [0.5, 0.6) is 5.75 Å². The summed E-state index contributed by atoms with van der Waals surface area (Å²) in [6.45, 7) is 0. The van der Waals surface area contributed by atoms with Gasteiger partial charge in [0.2, 0.25) is 0 Å². The zero-order valence-corrected chi connectivity index (χ0v) is 13.8. The van der Waals surface area contributed by atoms with Crippen LogP contribution in [0.15, 0.2) is 42.5 Å². The lowest BCUT2D eigenvalue weighted by Crippen LogP contribution is -2.31. The molecule has 0 radical (unpaired) electrons. The van der Waals surface area contributed by atoms with E-state index in [-0.39, 0.29) is 17.6 Å². The largest absolute Gasteiger partial charge is 0.477 e. The molecule has 0 unspecified atom stereocenters. The van der Waals surface area contributed by atoms with Crippen molar-refractivity contribution in [2.24, 2.45) is 0 Å². The predicted octanol–water partition coefficient (Wildman–Crippen LogP) is 2.87. The monoisotopic (exact) mass is 343 g/mol. The number of anilines is 1. The topological polar surface area (TPSA) is 64.6 Å². The number of aryl methyl sites for hydroxylation is 1. The van der Waals surface area contributed by atoms with Gasteiger partial charge in [0.1, 0.15) is 0 Å². The van der Waals surface area contributed by atoms with E-state index in [1.807, 2.05) is 12.1 Å². The number of hydrogen-bond acceptors (Lipinski definition) is 4. The molecule has 0 fully saturated rings. The highest BCUT2D eigenvalue weighted by atomic mass is 19.1. The SMILES string of the molecule is COC(=O)CCc1ccc(NC(=O)[C@@H]2Cc3cccc(F)c3O2)cc1. The molecule has 0 saturated carbocycles. The molecule has 1 N–H and O–H groups in total. The standard InChI is InChI=1S/C19H18FNO4/c1-24-17(22)10-7-12-5-8-14(9-6-12)21-19(23)16-11-13-3-2-4-15(20)18(13)25-16/h2-6,8-9,16H,7,10-11H2,1H3,(H,21,23)/t16-/m0/s1. The first-order valence-corrected chi connectivity index (χ1v) is 7.97. The fourth-order valence-corrected chi connectivity index (χ4v) is 2.70. The number of hydrogen-bond donors (Lipinski definition) is 1. The third kappa shape index (κ3) is 3.96. The van der Waals surface area contributed by atoms with Crippen LogP contribution in [0.1, 0.15) is 17.5 Å². The Labute approximate surface area is 144 Å². The fraction of sp³-hybridized carbons (Fsp3) is 0.263. The molecule has 1 amide bonds. The van der Waals surface area contributed by atoms with Crippen molar-refractivity contribution in [3.8, 4) is 5.75 Å². The summed E-state index contributed by atoms with van der Waals surface area (Å²) in [5.41, 5.74) is 2.28. The van der Waals surface area contributed by atoms with E-state index in [9.17, 15) is 14.0 Å². The van der Waals surface area contributed by atoms with Gasteiger partial charge in [-0.2, -0.15) is 0 Å². The van der Waals surface area contributed by atoms with Crippen LogP contribution in [0.3, 0.4) is 0 Å². The Morgan fingerprint density at radius 2 is 2.00 bits per heavy atom. The minimum atomic E-state index is -0.745. The minimum Gasteiger partial charge on any atom is -0.477 e. The first-order chi connectivity index (χ1) is 12.1. The van der Waals surface area contributed by atoms with Crippen LogP contribution in [-0.2, 0) is 27.2 Å². The lowest BCUT2D eigenvalue weighted by molar-refractivity contribution is -0.140. The molecule has 1 heterocycles. The molecule has 25 heavy (non-hydrogen) atoms. The van der Waals surface area contributed by atoms with Crippen LogP contribution in [0.2, 0.25) is 0 Å². The van der Waals surface area contributed by atoms with Gasteiger partial charge in [0, 0.05) is 24.1 Å². The van der Waals surface area contributed by atoms with Gasteiger partial charge in [-0.3, -0.25) is 9.59 Å². The summed E-state index contributed by atoms with van der Waals surface area (Å²) in [6, 6.07) is 11.9. The van der Waals surface area contributed by atoms with E-state index in [1.54, 1.807) is 24.3 Å². The van der Waals surface area contributed by atoms with E-state index in [1.165, 1.54) is 13.2 Å². The van der Waals surface area contributed by atoms with Crippen LogP contribution >= 0.6 is 0 Å². The van der Waals surface area contributed by atoms with E-state index in [4.69, 9.17) is 4.74 Å². The summed E-state index contributed by atoms with van der Waals surface area (Å²) in [4.78, 5) is 23.5. The predicted molar refractivity (Wildman–Crippen MR) is 89.9 cm³/mol. The normalized spacial score (nSPS) is 15.2. The number of ether oxygens (including phenoxy) is 2. The van der Waals surface area contributed by atoms with Crippen molar-refractivity contribution >= 4 is 17.6 Å². The third-order valence-corrected chi connectivity index (χ3v) is 4.07. The molecule has 5 nitrogen and oxygen atoms in total. The van der Waals surface area contributed by atoms with E-state index in [0.29, 0.717) is 30.5 Å². The minimum absolute atomic E-state index is 0.154. The Bertz CT molecular complexity index is 789. The first-order valence-electron chi connectivity index (χ1n) is 7.97. The van der Waals surface area contributed by atoms with Gasteiger partial charge < -0.3 is 14.8 Å². The second kappa shape index (κ2) is 7.34. The lowest BCUT2D eigenvalue weighted by Gasteiger charge is -2.12. The maximum absolute atomic E-state index is 13.7. The Morgan fingerprint density at radius 1 is 1.24 bits per heavy atom. The molecule has 0 aliphatic carbocycles. The molecule has 0 bridgehead atoms. The number of para-hydroxylation sites is 1. The summed E-state index contributed by atoms with van der Waals surface area (Å²) < 4.78 is 23.7. The second-order valence-electron chi connectivity index (χ2n) is 5.80. The highest BCUT2D eigenvalue weighted by Crippen LogP contribution is 2.31. The maximum atomic E-state index is 13.7. The summed E-state index contributed by atoms with van der Waals surface area (Å²) in [5.74, 6) is -0.885. The van der Waals surface area contributed by atoms with Gasteiger partial charge in [0.25, 0.3) is 5.91 Å². The third-order valence-electron chi connectivity index (χ3n) is 4.07. The summed E-state index contributed by atoms with van der Waals surface area (Å²) >= 11 is 0. The smallest absolute Gasteiger partial charge is 0.305 e. The number of fused-ring (bicyclic) bond motifs is 1. The van der Waals surface area contributed by atoms with Gasteiger partial charge in [-0.15, -0.1) is 0 Å². The molecule has 0 saturated heterocycles. The van der Waals surface area contributed by atoms with Gasteiger partial charge in [0.05, 0.1) is 7.11 Å². The van der Waals surface area contributed by atoms with E-state index in [2.05, 4.69) is 10.1 Å². The average molecular weight is 343 g/mol. The van der Waals surface area contributed by atoms with Gasteiger partial charge in [-0.25, -0.2) is 4.39 Å². The second-order valence-corrected chi connectivity index (χ2v) is 5.80. The maximum Gasteiger partial charge on any atom is 0.305 e. The van der Waals surface area contributed by atoms with Crippen LogP contribution in [0.4, 0.5) is 10.1 Å².